The van der Waals surface area contributed by atoms with Crippen molar-refractivity contribution in [3.8, 4) is 0 Å². The minimum atomic E-state index is -0.718. The molecule has 0 aromatic heterocycles. The van der Waals surface area contributed by atoms with Crippen molar-refractivity contribution in [2.45, 2.75) is 83.3 Å². The third-order valence-electron chi connectivity index (χ3n) is 3.95. The molecule has 1 N–H and O–H groups in total. The Morgan fingerprint density at radius 1 is 0.957 bits per heavy atom. The third kappa shape index (κ3) is 11.8. The maximum absolute atomic E-state index is 10.4. The lowest BCUT2D eigenvalue weighted by atomic mass is 10.1. The van der Waals surface area contributed by atoms with Gasteiger partial charge in [0.1, 0.15) is 0 Å². The molecule has 1 heterocycles. The Bertz CT molecular complexity index is 396. The molecule has 0 aromatic carbocycles. The Hall–Kier alpha value is -1.35. The highest BCUT2D eigenvalue weighted by molar-refractivity contribution is 5.66. The predicted molar refractivity (Wildman–Crippen MR) is 95.6 cm³/mol. The van der Waals surface area contributed by atoms with E-state index in [0.29, 0.717) is 6.10 Å². The normalized spacial score (nSPS) is 20.9. The number of hydrogen-bond donors (Lipinski definition) is 1. The Labute approximate surface area is 141 Å². The van der Waals surface area contributed by atoms with Crippen molar-refractivity contribution in [2.75, 3.05) is 0 Å². The van der Waals surface area contributed by atoms with Crippen molar-refractivity contribution in [3.63, 3.8) is 0 Å². The third-order valence-corrected chi connectivity index (χ3v) is 3.95. The molecule has 0 spiro atoms. The first kappa shape index (κ1) is 19.7. The molecule has 0 saturated carbocycles. The maximum atomic E-state index is 10.4. The number of ether oxygens (including phenoxy) is 1. The summed E-state index contributed by atoms with van der Waals surface area (Å²) in [4.78, 5) is 10.4. The average Bonchev–Trinajstić information content (AvgIpc) is 3.26. The second-order valence-corrected chi connectivity index (χ2v) is 6.12. The van der Waals surface area contributed by atoms with Crippen molar-refractivity contribution >= 4 is 5.97 Å². The van der Waals surface area contributed by atoms with Gasteiger partial charge in [-0.15, -0.1) is 0 Å². The molecule has 0 radical (unpaired) electrons. The van der Waals surface area contributed by atoms with Crippen LogP contribution < -0.4 is 0 Å². The van der Waals surface area contributed by atoms with Gasteiger partial charge in [0, 0.05) is 6.42 Å². The van der Waals surface area contributed by atoms with Gasteiger partial charge in [-0.2, -0.15) is 0 Å². The van der Waals surface area contributed by atoms with E-state index in [0.717, 1.165) is 32.1 Å². The fourth-order valence-electron chi connectivity index (χ4n) is 2.50. The highest BCUT2D eigenvalue weighted by Crippen LogP contribution is 2.30. The molecule has 1 rings (SSSR count). The van der Waals surface area contributed by atoms with Crippen molar-refractivity contribution in [1.29, 1.82) is 0 Å². The molecule has 0 aromatic rings. The Morgan fingerprint density at radius 3 is 2.35 bits per heavy atom. The molecule has 2 unspecified atom stereocenters. The molecule has 2 atom stereocenters. The van der Waals surface area contributed by atoms with Crippen LogP contribution in [0.2, 0.25) is 0 Å². The van der Waals surface area contributed by atoms with Crippen LogP contribution >= 0.6 is 0 Å². The van der Waals surface area contributed by atoms with Gasteiger partial charge in [0.15, 0.2) is 0 Å². The molecule has 1 aliphatic rings. The first-order valence-electron chi connectivity index (χ1n) is 9.06. The van der Waals surface area contributed by atoms with Crippen LogP contribution in [-0.4, -0.2) is 23.3 Å². The van der Waals surface area contributed by atoms with Gasteiger partial charge in [-0.3, -0.25) is 4.79 Å². The van der Waals surface area contributed by atoms with Crippen LogP contribution in [0.1, 0.15) is 71.1 Å². The van der Waals surface area contributed by atoms with E-state index in [-0.39, 0.29) is 12.5 Å². The number of carboxylic acid groups (broad SMARTS) is 1. The number of carboxylic acids is 1. The lowest BCUT2D eigenvalue weighted by Gasteiger charge is -1.92. The second-order valence-electron chi connectivity index (χ2n) is 6.12. The number of aliphatic carboxylic acids is 1. The average molecular weight is 320 g/mol. The molecule has 0 amide bonds. The zero-order valence-corrected chi connectivity index (χ0v) is 14.5. The molecule has 0 bridgehead atoms. The van der Waals surface area contributed by atoms with E-state index in [9.17, 15) is 4.79 Å². The first-order chi connectivity index (χ1) is 11.2. The van der Waals surface area contributed by atoms with E-state index in [1.54, 1.807) is 0 Å². The Kier molecular flexibility index (Phi) is 11.2. The molecule has 1 saturated heterocycles. The zero-order valence-electron chi connectivity index (χ0n) is 14.5. The van der Waals surface area contributed by atoms with Crippen LogP contribution in [0.4, 0.5) is 0 Å². The van der Waals surface area contributed by atoms with E-state index < -0.39 is 5.97 Å². The minimum Gasteiger partial charge on any atom is -0.481 e. The maximum Gasteiger partial charge on any atom is 0.303 e. The molecular weight excluding hydrogens is 288 g/mol. The van der Waals surface area contributed by atoms with Crippen molar-refractivity contribution < 1.29 is 14.6 Å². The minimum absolute atomic E-state index is 0.250. The van der Waals surface area contributed by atoms with E-state index in [1.165, 1.54) is 25.7 Å². The molecule has 23 heavy (non-hydrogen) atoms. The molecule has 1 fully saturated rings. The van der Waals surface area contributed by atoms with Gasteiger partial charge in [0.05, 0.1) is 12.2 Å². The SMILES string of the molecule is CCCCCC=CCC=CC/C=C\CC1OC1CCCC(=O)O. The van der Waals surface area contributed by atoms with Crippen molar-refractivity contribution in [3.05, 3.63) is 36.5 Å². The topological polar surface area (TPSA) is 49.8 Å². The Morgan fingerprint density at radius 2 is 1.65 bits per heavy atom. The number of rotatable bonds is 14. The highest BCUT2D eigenvalue weighted by Gasteiger charge is 2.36. The molecule has 3 nitrogen and oxygen atoms in total. The number of hydrogen-bond acceptors (Lipinski definition) is 2. The first-order valence-corrected chi connectivity index (χ1v) is 9.06. The van der Waals surface area contributed by atoms with E-state index in [1.807, 2.05) is 0 Å². The van der Waals surface area contributed by atoms with Crippen LogP contribution in [0.15, 0.2) is 36.5 Å². The predicted octanol–water partition coefficient (Wildman–Crippen LogP) is 5.43. The summed E-state index contributed by atoms with van der Waals surface area (Å²) < 4.78 is 5.53. The lowest BCUT2D eigenvalue weighted by molar-refractivity contribution is -0.137. The smallest absolute Gasteiger partial charge is 0.303 e. The van der Waals surface area contributed by atoms with Gasteiger partial charge < -0.3 is 9.84 Å². The molecular formula is C20H32O3. The monoisotopic (exact) mass is 320 g/mol. The van der Waals surface area contributed by atoms with Crippen LogP contribution in [0, 0.1) is 0 Å². The number of unbranched alkanes of at least 4 members (excludes halogenated alkanes) is 3. The fourth-order valence-corrected chi connectivity index (χ4v) is 2.50. The van der Waals surface area contributed by atoms with Crippen LogP contribution in [-0.2, 0) is 9.53 Å². The van der Waals surface area contributed by atoms with E-state index >= 15 is 0 Å². The fraction of sp³-hybridized carbons (Fsp3) is 0.650. The van der Waals surface area contributed by atoms with Gasteiger partial charge in [-0.25, -0.2) is 0 Å². The van der Waals surface area contributed by atoms with Gasteiger partial charge >= 0.3 is 5.97 Å². The number of allylic oxidation sites excluding steroid dienone is 5. The van der Waals surface area contributed by atoms with Crippen molar-refractivity contribution in [1.82, 2.24) is 0 Å². The van der Waals surface area contributed by atoms with Gasteiger partial charge in [-0.1, -0.05) is 56.2 Å². The van der Waals surface area contributed by atoms with Crippen LogP contribution in [0.3, 0.4) is 0 Å². The summed E-state index contributed by atoms with van der Waals surface area (Å²) in [6, 6.07) is 0. The van der Waals surface area contributed by atoms with Gasteiger partial charge in [0.2, 0.25) is 0 Å². The number of carbonyl (C=O) groups is 1. The summed E-state index contributed by atoms with van der Waals surface area (Å²) in [7, 11) is 0. The molecule has 1 aliphatic heterocycles. The lowest BCUT2D eigenvalue weighted by Crippen LogP contribution is -1.97. The summed E-state index contributed by atoms with van der Waals surface area (Å²) in [6.45, 7) is 2.23. The molecule has 3 heteroatoms. The quantitative estimate of drug-likeness (QED) is 0.264. The van der Waals surface area contributed by atoms with Crippen LogP contribution in [0.25, 0.3) is 0 Å². The van der Waals surface area contributed by atoms with Gasteiger partial charge in [-0.05, 0) is 44.9 Å². The van der Waals surface area contributed by atoms with Gasteiger partial charge in [0.25, 0.3) is 0 Å². The summed E-state index contributed by atoms with van der Waals surface area (Å²) in [5, 5.41) is 8.58. The summed E-state index contributed by atoms with van der Waals surface area (Å²) in [6.07, 6.45) is 23.8. The van der Waals surface area contributed by atoms with E-state index in [2.05, 4.69) is 43.4 Å². The van der Waals surface area contributed by atoms with E-state index in [4.69, 9.17) is 9.84 Å². The van der Waals surface area contributed by atoms with Crippen molar-refractivity contribution in [2.24, 2.45) is 0 Å². The van der Waals surface area contributed by atoms with Crippen LogP contribution in [0.5, 0.6) is 0 Å². The number of epoxide rings is 1. The summed E-state index contributed by atoms with van der Waals surface area (Å²) in [5.74, 6) is -0.718. The highest BCUT2D eigenvalue weighted by atomic mass is 16.6. The second kappa shape index (κ2) is 13.1. The summed E-state index contributed by atoms with van der Waals surface area (Å²) >= 11 is 0. The standard InChI is InChI=1S/C20H32O3/c1-2-3-4-5-6-7-8-9-10-11-12-13-15-18-19(23-18)16-14-17-20(21)22/h6-7,9-10,12-13,18-19H,2-5,8,11,14-17H2,1H3,(H,21,22)/b7-6?,10-9?,13-12-. The summed E-state index contributed by atoms with van der Waals surface area (Å²) in [5.41, 5.74) is 0. The Balaban J connectivity index is 1.91. The zero-order chi connectivity index (χ0) is 16.8. The molecule has 0 aliphatic carbocycles. The molecule has 130 valence electrons. The largest absolute Gasteiger partial charge is 0.481 e.